The maximum absolute atomic E-state index is 11.1. The van der Waals surface area contributed by atoms with E-state index in [2.05, 4.69) is 93.5 Å². The number of carbonyl (C=O) groups is 3. The first-order valence-electron chi connectivity index (χ1n) is 26.6. The Hall–Kier alpha value is -10.8. The summed E-state index contributed by atoms with van der Waals surface area (Å²) in [6.07, 6.45) is 6.93. The van der Waals surface area contributed by atoms with E-state index in [0.29, 0.717) is 18.9 Å². The molecule has 0 aliphatic heterocycles. The first-order valence-corrected chi connectivity index (χ1v) is 41.1. The number of nitrogens with one attached hydrogen (secondary N) is 4. The summed E-state index contributed by atoms with van der Waals surface area (Å²) in [4.78, 5) is 125. The van der Waals surface area contributed by atoms with E-state index in [1.165, 1.54) is 75.1 Å². The van der Waals surface area contributed by atoms with Crippen LogP contribution in [0.1, 0.15) is 31.5 Å². The Bertz CT molecular complexity index is 5170. The minimum absolute atomic E-state index is 0. The lowest BCUT2D eigenvalue weighted by Gasteiger charge is -2.07. The Morgan fingerprint density at radius 1 is 0.309 bits per heavy atom. The zero-order chi connectivity index (χ0) is 82.3. The number of sulfone groups is 6. The van der Waals surface area contributed by atoms with Gasteiger partial charge in [-0.05, 0) is 33.2 Å². The van der Waals surface area contributed by atoms with Gasteiger partial charge in [0.25, 0.3) is 31.7 Å². The fraction of sp³-hybridized carbons (Fsp3) is 0.286. The van der Waals surface area contributed by atoms with Crippen LogP contribution in [-0.2, 0) is 92.3 Å². The Kier molecular flexibility index (Phi) is 43.7. The average molecular weight is 1740 g/mol. The molecule has 3 unspecified atom stereocenters. The van der Waals surface area contributed by atoms with Gasteiger partial charge in [-0.25, -0.2) is 80.0 Å². The molecule has 0 spiro atoms. The van der Waals surface area contributed by atoms with Crippen molar-refractivity contribution in [3.05, 3.63) is 107 Å². The third-order valence-electron chi connectivity index (χ3n) is 10.1. The van der Waals surface area contributed by atoms with Crippen molar-refractivity contribution in [1.82, 2.24) is 79.7 Å². The smallest absolute Gasteiger partial charge is 0.349 e. The number of carbonyl (C=O) groups excluding carboxylic acids is 3. The summed E-state index contributed by atoms with van der Waals surface area (Å²) in [6, 6.07) is 9.14. The van der Waals surface area contributed by atoms with Crippen molar-refractivity contribution >= 4 is 111 Å². The van der Waals surface area contributed by atoms with E-state index in [4.69, 9.17) is 14.2 Å². The molecule has 0 radical (unpaired) electrons. The van der Waals surface area contributed by atoms with E-state index in [0.717, 1.165) is 67.9 Å². The van der Waals surface area contributed by atoms with Crippen LogP contribution in [0.2, 0.25) is 0 Å². The average Bonchev–Trinajstić information content (AvgIpc) is 0.851. The first kappa shape index (κ1) is 103. The number of hydrogen-bond donors (Lipinski definition) is 4. The molecule has 10 N–H and O–H groups in total. The molecule has 8 aromatic heterocycles. The third-order valence-corrected chi connectivity index (χ3v) is 17.0. The van der Waals surface area contributed by atoms with Gasteiger partial charge in [0.1, 0.15) is 22.1 Å². The van der Waals surface area contributed by atoms with Crippen LogP contribution in [0.25, 0.3) is 0 Å². The van der Waals surface area contributed by atoms with Gasteiger partial charge in [0, 0.05) is 73.9 Å². The van der Waals surface area contributed by atoms with Crippen molar-refractivity contribution in [2.45, 2.75) is 46.0 Å². The molecule has 0 amide bonds. The van der Waals surface area contributed by atoms with Gasteiger partial charge in [-0.2, -0.15) is 39.9 Å². The summed E-state index contributed by atoms with van der Waals surface area (Å²) < 4.78 is 232. The molecule has 52 nitrogen and oxygen atoms in total. The molecule has 8 rings (SSSR count). The first-order chi connectivity index (χ1) is 49.4. The zero-order valence-corrected chi connectivity index (χ0v) is 65.7. The normalized spacial score (nSPS) is 11.4. The molecule has 0 bridgehead atoms. The fourth-order valence-electron chi connectivity index (χ4n) is 5.60. The second-order valence-electron chi connectivity index (χ2n) is 18.4. The van der Waals surface area contributed by atoms with Crippen LogP contribution in [-0.4, -0.2) is 286 Å². The maximum atomic E-state index is 11.1. The van der Waals surface area contributed by atoms with E-state index in [1.54, 1.807) is 0 Å². The molecule has 612 valence electrons. The van der Waals surface area contributed by atoms with Crippen LogP contribution in [0.15, 0.2) is 114 Å². The highest BCUT2D eigenvalue weighted by Gasteiger charge is 2.19. The van der Waals surface area contributed by atoms with Gasteiger partial charge in [-0.15, -0.1) is 0 Å². The monoisotopic (exact) mass is 1740 g/mol. The molecular weight excluding hydrogens is 1680 g/mol. The second-order valence-corrected chi connectivity index (χ2v) is 32.7. The molecular formula is C49H63N16O36S9-3. The van der Waals surface area contributed by atoms with Crippen LogP contribution in [0.3, 0.4) is 0 Å². The number of aromatic nitrogens is 16. The van der Waals surface area contributed by atoms with E-state index in [9.17, 15) is 110 Å². The summed E-state index contributed by atoms with van der Waals surface area (Å²) in [6.45, 7) is 0. The molecule has 0 saturated carbocycles. The molecule has 0 saturated heterocycles. The lowest BCUT2D eigenvalue weighted by Crippen LogP contribution is -2.14. The molecule has 0 aliphatic carbocycles. The quantitative estimate of drug-likeness (QED) is 0.0238. The number of nitrogens with zero attached hydrogens (tertiary/aromatic N) is 12. The third kappa shape index (κ3) is 37.3. The van der Waals surface area contributed by atoms with E-state index in [1.807, 2.05) is 9.97 Å². The SMILES string of the molecule is COc1cc(=O)[nH]c(S(C)(=O)=O)n1.COc1cc(=O)[nH]c(S(C)(=O)=O)n1.COc1cc(C=O)nc(S(C)(=O)=O)n1.COc1cc(C=O)nc(S(C)(=O)=O)n1.COc1cc(C=O)nc(S(C)(=O)=O)n1.COc1cc(S(=O)[O-])[nH]c(=O)n1.COc1cc(S(=O)[O-])[nH]c(=O)n1.COc1cc(S(=O)[O-])nc(S(C)(=O)=O)n1.O.O.O. The number of methoxy groups -OCH3 is 8. The summed E-state index contributed by atoms with van der Waals surface area (Å²) >= 11 is -7.58. The number of aromatic amines is 4. The fourth-order valence-corrected chi connectivity index (χ4v) is 9.93. The summed E-state index contributed by atoms with van der Waals surface area (Å²) in [5.41, 5.74) is -2.73. The van der Waals surface area contributed by atoms with Crippen molar-refractivity contribution in [2.75, 3.05) is 94.4 Å². The maximum Gasteiger partial charge on any atom is 0.349 e. The molecule has 110 heavy (non-hydrogen) atoms. The van der Waals surface area contributed by atoms with Gasteiger partial charge in [0.2, 0.25) is 116 Å². The van der Waals surface area contributed by atoms with Gasteiger partial charge in [-0.3, -0.25) is 56.5 Å². The molecule has 3 atom stereocenters. The lowest BCUT2D eigenvalue weighted by molar-refractivity contribution is 0.111. The van der Waals surface area contributed by atoms with Gasteiger partial charge in [-0.1, -0.05) is 0 Å². The van der Waals surface area contributed by atoms with Gasteiger partial charge in [0.15, 0.2) is 18.9 Å². The van der Waals surface area contributed by atoms with Gasteiger partial charge in [0.05, 0.1) is 79.1 Å². The Balaban J connectivity index is -0.00000119. The zero-order valence-electron chi connectivity index (χ0n) is 58.4. The predicted octanol–water partition coefficient (Wildman–Crippen LogP) is -7.85. The van der Waals surface area contributed by atoms with Crippen molar-refractivity contribution in [2.24, 2.45) is 0 Å². The van der Waals surface area contributed by atoms with Crippen LogP contribution in [0.5, 0.6) is 47.0 Å². The topological polar surface area (TPSA) is 831 Å². The van der Waals surface area contributed by atoms with Crippen LogP contribution >= 0.6 is 0 Å². The van der Waals surface area contributed by atoms with Crippen molar-refractivity contribution in [1.29, 1.82) is 0 Å². The largest absolute Gasteiger partial charge is 0.767 e. The number of H-pyrrole nitrogens is 4. The Labute approximate surface area is 627 Å². The van der Waals surface area contributed by atoms with E-state index in [-0.39, 0.29) is 90.6 Å². The van der Waals surface area contributed by atoms with Gasteiger partial charge >= 0.3 is 11.4 Å². The number of ether oxygens (including phenoxy) is 8. The highest BCUT2D eigenvalue weighted by atomic mass is 32.2. The minimum atomic E-state index is -3.67. The number of aldehydes is 3. The lowest BCUT2D eigenvalue weighted by atomic mass is 10.4. The van der Waals surface area contributed by atoms with Crippen molar-refractivity contribution < 1.29 is 145 Å². The van der Waals surface area contributed by atoms with Crippen LogP contribution in [0, 0.1) is 0 Å². The molecule has 8 aromatic rings. The predicted molar refractivity (Wildman–Crippen MR) is 367 cm³/mol. The van der Waals surface area contributed by atoms with Gasteiger partial charge < -0.3 is 68.0 Å². The summed E-state index contributed by atoms with van der Waals surface area (Å²) in [7, 11) is -10.9. The Morgan fingerprint density at radius 3 is 0.745 bits per heavy atom. The summed E-state index contributed by atoms with van der Waals surface area (Å²) in [5.74, 6) is -0.0959. The van der Waals surface area contributed by atoms with E-state index < -0.39 is 151 Å². The molecule has 0 aliphatic rings. The van der Waals surface area contributed by atoms with Crippen molar-refractivity contribution in [3.63, 3.8) is 0 Å². The second kappa shape index (κ2) is 46.5. The Morgan fingerprint density at radius 2 is 0.536 bits per heavy atom. The molecule has 61 heteroatoms. The number of hydrogen-bond acceptors (Lipinski definition) is 45. The molecule has 0 fully saturated rings. The summed E-state index contributed by atoms with van der Waals surface area (Å²) in [5, 5.41) is -3.53. The minimum Gasteiger partial charge on any atom is -0.767 e. The van der Waals surface area contributed by atoms with Crippen molar-refractivity contribution in [3.8, 4) is 47.0 Å². The van der Waals surface area contributed by atoms with Crippen LogP contribution in [0.4, 0.5) is 0 Å². The highest BCUT2D eigenvalue weighted by Crippen LogP contribution is 2.17. The van der Waals surface area contributed by atoms with E-state index >= 15 is 0 Å². The molecule has 8 heterocycles. The number of rotatable bonds is 20. The molecule has 0 aromatic carbocycles. The standard InChI is InChI=1S/3C7H8N2O4S.C6H8N2O5S2.2C6H8N2O4S.2C5H6N2O4S.3H2O/c3*1-13-6-3-5(4-10)8-7(9-6)14(2,11)12;1-13-4-3-5(14(9)10)8-6(7-4)15(2,11)12;2*1-12-5-3-4(9)7-6(8-5)13(2,10)11;2*1-11-3-2-4(12(9)10)7-5(8)6-3;;;/h3*3-4H,1-2H3;3H,1-2H3,(H,9,10);2*3H,1-2H3,(H,7,8,9);2*2H,1H3,(H,9,10)(H,6,7,8);3*1H2/p-3. The van der Waals surface area contributed by atoms with Crippen LogP contribution < -0.4 is 60.4 Å². The highest BCUT2D eigenvalue weighted by molar-refractivity contribution is 7.91.